The SMILES string of the molecule is CC.COc1ccc(C)c(-c2cc3cnc(Cl)cc3n3c(C)nnc23)c1C. The molecule has 6 heteroatoms. The number of hydrogen-bond donors (Lipinski definition) is 0. The van der Waals surface area contributed by atoms with E-state index in [2.05, 4.69) is 41.2 Å². The summed E-state index contributed by atoms with van der Waals surface area (Å²) in [4.78, 5) is 4.23. The van der Waals surface area contributed by atoms with Crippen LogP contribution in [0.1, 0.15) is 30.8 Å². The summed E-state index contributed by atoms with van der Waals surface area (Å²) in [5, 5.41) is 10.1. The van der Waals surface area contributed by atoms with Gasteiger partial charge in [-0.3, -0.25) is 4.40 Å². The number of methoxy groups -OCH3 is 1. The van der Waals surface area contributed by atoms with Crippen LogP contribution in [0.5, 0.6) is 5.75 Å². The zero-order valence-corrected chi connectivity index (χ0v) is 17.2. The van der Waals surface area contributed by atoms with Crippen molar-refractivity contribution in [2.45, 2.75) is 34.6 Å². The lowest BCUT2D eigenvalue weighted by molar-refractivity contribution is 0.412. The molecule has 0 spiro atoms. The predicted octanol–water partition coefficient (Wildman–Crippen LogP) is 5.56. The van der Waals surface area contributed by atoms with Gasteiger partial charge in [-0.25, -0.2) is 4.98 Å². The highest BCUT2D eigenvalue weighted by molar-refractivity contribution is 6.30. The molecular weight excluding hydrogens is 360 g/mol. The zero-order chi connectivity index (χ0) is 19.7. The summed E-state index contributed by atoms with van der Waals surface area (Å²) in [6, 6.07) is 7.99. The summed E-state index contributed by atoms with van der Waals surface area (Å²) in [6.07, 6.45) is 1.78. The van der Waals surface area contributed by atoms with Crippen molar-refractivity contribution < 1.29 is 4.74 Å². The quantitative estimate of drug-likeness (QED) is 0.426. The number of halogens is 1. The minimum Gasteiger partial charge on any atom is -0.496 e. The molecule has 1 aromatic carbocycles. The molecule has 27 heavy (non-hydrogen) atoms. The lowest BCUT2D eigenvalue weighted by Crippen LogP contribution is -1.98. The Morgan fingerprint density at radius 2 is 1.78 bits per heavy atom. The van der Waals surface area contributed by atoms with Crippen LogP contribution in [0.4, 0.5) is 0 Å². The summed E-state index contributed by atoms with van der Waals surface area (Å²) in [7, 11) is 1.69. The molecule has 4 rings (SSSR count). The number of fused-ring (bicyclic) bond motifs is 3. The molecule has 0 bridgehead atoms. The molecule has 4 aromatic rings. The predicted molar refractivity (Wildman–Crippen MR) is 111 cm³/mol. The van der Waals surface area contributed by atoms with Gasteiger partial charge in [0.05, 0.1) is 12.6 Å². The van der Waals surface area contributed by atoms with E-state index in [-0.39, 0.29) is 0 Å². The van der Waals surface area contributed by atoms with E-state index in [1.165, 1.54) is 0 Å². The van der Waals surface area contributed by atoms with Crippen LogP contribution in [0.25, 0.3) is 27.7 Å². The molecule has 3 heterocycles. The van der Waals surface area contributed by atoms with Crippen molar-refractivity contribution in [1.29, 1.82) is 0 Å². The Balaban J connectivity index is 0.00000102. The summed E-state index contributed by atoms with van der Waals surface area (Å²) in [5.41, 5.74) is 6.08. The number of pyridine rings is 2. The maximum atomic E-state index is 6.10. The maximum Gasteiger partial charge on any atom is 0.169 e. The molecule has 0 aliphatic rings. The first-order valence-electron chi connectivity index (χ1n) is 8.96. The number of aromatic nitrogens is 4. The lowest BCUT2D eigenvalue weighted by atomic mass is 9.95. The molecule has 0 radical (unpaired) electrons. The van der Waals surface area contributed by atoms with Crippen molar-refractivity contribution >= 4 is 28.2 Å². The lowest BCUT2D eigenvalue weighted by Gasteiger charge is -2.15. The molecule has 0 aliphatic carbocycles. The Kier molecular flexibility index (Phi) is 5.33. The number of nitrogens with zero attached hydrogens (tertiary/aromatic N) is 4. The third-order valence-electron chi connectivity index (χ3n) is 4.60. The van der Waals surface area contributed by atoms with Gasteiger partial charge >= 0.3 is 0 Å². The van der Waals surface area contributed by atoms with E-state index in [1.807, 2.05) is 37.3 Å². The van der Waals surface area contributed by atoms with Crippen LogP contribution >= 0.6 is 11.6 Å². The van der Waals surface area contributed by atoms with Gasteiger partial charge in [-0.15, -0.1) is 10.2 Å². The fraction of sp³-hybridized carbons (Fsp3) is 0.286. The van der Waals surface area contributed by atoms with Gasteiger partial charge < -0.3 is 4.74 Å². The summed E-state index contributed by atoms with van der Waals surface area (Å²) in [5.74, 6) is 1.66. The molecule has 140 valence electrons. The first-order chi connectivity index (χ1) is 13.0. The molecule has 3 aromatic heterocycles. The molecule has 5 nitrogen and oxygen atoms in total. The number of rotatable bonds is 2. The smallest absolute Gasteiger partial charge is 0.169 e. The van der Waals surface area contributed by atoms with E-state index >= 15 is 0 Å². The second-order valence-electron chi connectivity index (χ2n) is 6.11. The highest BCUT2D eigenvalue weighted by Crippen LogP contribution is 2.37. The van der Waals surface area contributed by atoms with Gasteiger partial charge in [-0.05, 0) is 49.6 Å². The molecule has 0 saturated carbocycles. The van der Waals surface area contributed by atoms with Crippen LogP contribution in [0.2, 0.25) is 5.15 Å². The van der Waals surface area contributed by atoms with Gasteiger partial charge in [0.25, 0.3) is 0 Å². The fourth-order valence-corrected chi connectivity index (χ4v) is 3.58. The summed E-state index contributed by atoms with van der Waals surface area (Å²) in [6.45, 7) is 10.1. The third kappa shape index (κ3) is 3.12. The molecule has 0 atom stereocenters. The van der Waals surface area contributed by atoms with Crippen LogP contribution in [-0.4, -0.2) is 26.7 Å². The van der Waals surface area contributed by atoms with Gasteiger partial charge in [0.2, 0.25) is 0 Å². The van der Waals surface area contributed by atoms with Crippen molar-refractivity contribution in [3.63, 3.8) is 0 Å². The highest BCUT2D eigenvalue weighted by Gasteiger charge is 2.18. The standard InChI is InChI=1S/C19H17ClN4O.C2H6/c1-10-5-6-16(25-4)11(2)18(10)14-7-13-9-21-17(20)8-15(13)24-12(3)22-23-19(14)24;1-2/h5-9H,1-4H3;1-2H3. The zero-order valence-electron chi connectivity index (χ0n) is 16.5. The van der Waals surface area contributed by atoms with Crippen LogP contribution in [0.15, 0.2) is 30.5 Å². The first-order valence-corrected chi connectivity index (χ1v) is 9.33. The van der Waals surface area contributed by atoms with E-state index in [0.29, 0.717) is 5.15 Å². The van der Waals surface area contributed by atoms with Crippen molar-refractivity contribution in [2.75, 3.05) is 7.11 Å². The van der Waals surface area contributed by atoms with E-state index in [9.17, 15) is 0 Å². The van der Waals surface area contributed by atoms with E-state index in [4.69, 9.17) is 16.3 Å². The average molecular weight is 383 g/mol. The normalized spacial score (nSPS) is 10.8. The molecular formula is C21H23ClN4O. The number of ether oxygens (including phenoxy) is 1. The van der Waals surface area contributed by atoms with Crippen molar-refractivity contribution in [2.24, 2.45) is 0 Å². The Morgan fingerprint density at radius 1 is 1.04 bits per heavy atom. The number of aryl methyl sites for hydroxylation is 2. The number of hydrogen-bond acceptors (Lipinski definition) is 4. The Labute approximate surface area is 164 Å². The van der Waals surface area contributed by atoms with Gasteiger partial charge in [-0.1, -0.05) is 31.5 Å². The largest absolute Gasteiger partial charge is 0.496 e. The van der Waals surface area contributed by atoms with Gasteiger partial charge in [0.1, 0.15) is 16.7 Å². The Bertz CT molecular complexity index is 1130. The first kappa shape index (κ1) is 19.1. The minimum atomic E-state index is 0.448. The minimum absolute atomic E-state index is 0.448. The van der Waals surface area contributed by atoms with Crippen molar-refractivity contribution in [1.82, 2.24) is 19.6 Å². The van der Waals surface area contributed by atoms with Crippen molar-refractivity contribution in [3.8, 4) is 16.9 Å². The highest BCUT2D eigenvalue weighted by atomic mass is 35.5. The van der Waals surface area contributed by atoms with Crippen LogP contribution in [-0.2, 0) is 0 Å². The average Bonchev–Trinajstić information content (AvgIpc) is 3.06. The Hall–Kier alpha value is -2.66. The second-order valence-corrected chi connectivity index (χ2v) is 6.50. The van der Waals surface area contributed by atoms with E-state index in [1.54, 1.807) is 13.3 Å². The molecule has 0 unspecified atom stereocenters. The monoisotopic (exact) mass is 382 g/mol. The third-order valence-corrected chi connectivity index (χ3v) is 4.80. The molecule has 0 fully saturated rings. The fourth-order valence-electron chi connectivity index (χ4n) is 3.43. The topological polar surface area (TPSA) is 52.3 Å². The van der Waals surface area contributed by atoms with E-state index in [0.717, 1.165) is 50.4 Å². The maximum absolute atomic E-state index is 6.10. The summed E-state index contributed by atoms with van der Waals surface area (Å²) < 4.78 is 7.53. The molecule has 0 amide bonds. The number of benzene rings is 1. The second kappa shape index (κ2) is 7.53. The Morgan fingerprint density at radius 3 is 2.48 bits per heavy atom. The van der Waals surface area contributed by atoms with Crippen LogP contribution in [0, 0.1) is 20.8 Å². The van der Waals surface area contributed by atoms with Gasteiger partial charge in [-0.2, -0.15) is 0 Å². The molecule has 0 saturated heterocycles. The molecule has 0 N–H and O–H groups in total. The van der Waals surface area contributed by atoms with Gasteiger partial charge in [0, 0.05) is 23.2 Å². The van der Waals surface area contributed by atoms with E-state index < -0.39 is 0 Å². The van der Waals surface area contributed by atoms with Crippen molar-refractivity contribution in [3.05, 3.63) is 52.6 Å². The van der Waals surface area contributed by atoms with Crippen LogP contribution < -0.4 is 4.74 Å². The molecule has 0 aliphatic heterocycles. The summed E-state index contributed by atoms with van der Waals surface area (Å²) >= 11 is 6.10. The van der Waals surface area contributed by atoms with Crippen LogP contribution in [0.3, 0.4) is 0 Å². The van der Waals surface area contributed by atoms with Gasteiger partial charge in [0.15, 0.2) is 5.65 Å².